The lowest BCUT2D eigenvalue weighted by molar-refractivity contribution is -0.122. The van der Waals surface area contributed by atoms with Crippen molar-refractivity contribution in [2.75, 3.05) is 30.0 Å². The Kier molecular flexibility index (Phi) is 5.73. The van der Waals surface area contributed by atoms with Gasteiger partial charge in [0.05, 0.1) is 17.9 Å². The number of likely N-dealkylation sites (N-methyl/N-ethyl adjacent to an activating group) is 1. The maximum Gasteiger partial charge on any atom is 0.270 e. The normalized spacial score (nSPS) is 16.7. The van der Waals surface area contributed by atoms with E-state index in [-0.39, 0.29) is 10.7 Å². The van der Waals surface area contributed by atoms with Crippen molar-refractivity contribution in [1.82, 2.24) is 5.32 Å². The molecule has 0 atom stereocenters. The number of nitrogens with one attached hydrogen (secondary N) is 1. The SMILES string of the molecule is CN1CCOc2cc(/C=C3\C(=O)NC(=S)N(c4ccc(Oc5ccccc5)cc4)C3=O)ccc21. The van der Waals surface area contributed by atoms with Gasteiger partial charge in [0.2, 0.25) is 0 Å². The van der Waals surface area contributed by atoms with Crippen molar-refractivity contribution in [3.8, 4) is 17.2 Å². The van der Waals surface area contributed by atoms with Crippen LogP contribution in [0.25, 0.3) is 6.08 Å². The van der Waals surface area contributed by atoms with Crippen LogP contribution < -0.4 is 24.6 Å². The number of carbonyl (C=O) groups is 2. The van der Waals surface area contributed by atoms with Gasteiger partial charge in [0, 0.05) is 7.05 Å². The van der Waals surface area contributed by atoms with E-state index in [2.05, 4.69) is 10.2 Å². The lowest BCUT2D eigenvalue weighted by Crippen LogP contribution is -2.54. The van der Waals surface area contributed by atoms with Crippen LogP contribution in [-0.2, 0) is 9.59 Å². The van der Waals surface area contributed by atoms with E-state index in [0.29, 0.717) is 35.1 Å². The molecular formula is C26H21N3O4S. The molecule has 34 heavy (non-hydrogen) atoms. The second kappa shape index (κ2) is 8.99. The highest BCUT2D eigenvalue weighted by Crippen LogP contribution is 2.33. The minimum Gasteiger partial charge on any atom is -0.490 e. The Balaban J connectivity index is 1.40. The predicted octanol–water partition coefficient (Wildman–Crippen LogP) is 4.14. The van der Waals surface area contributed by atoms with Gasteiger partial charge in [0.25, 0.3) is 11.8 Å². The van der Waals surface area contributed by atoms with Gasteiger partial charge in [-0.05, 0) is 72.4 Å². The van der Waals surface area contributed by atoms with Crippen LogP contribution in [-0.4, -0.2) is 37.1 Å². The summed E-state index contributed by atoms with van der Waals surface area (Å²) >= 11 is 5.30. The zero-order chi connectivity index (χ0) is 23.7. The highest BCUT2D eigenvalue weighted by Gasteiger charge is 2.34. The van der Waals surface area contributed by atoms with E-state index in [9.17, 15) is 9.59 Å². The molecule has 0 bridgehead atoms. The van der Waals surface area contributed by atoms with Crippen LogP contribution in [0.3, 0.4) is 0 Å². The number of para-hydroxylation sites is 1. The van der Waals surface area contributed by atoms with Crippen molar-refractivity contribution in [2.24, 2.45) is 0 Å². The van der Waals surface area contributed by atoms with Gasteiger partial charge in [0.15, 0.2) is 5.11 Å². The monoisotopic (exact) mass is 471 g/mol. The zero-order valence-electron chi connectivity index (χ0n) is 18.4. The zero-order valence-corrected chi connectivity index (χ0v) is 19.2. The molecule has 1 fully saturated rings. The van der Waals surface area contributed by atoms with Crippen molar-refractivity contribution in [3.63, 3.8) is 0 Å². The third kappa shape index (κ3) is 4.23. The molecule has 3 aromatic carbocycles. The van der Waals surface area contributed by atoms with Crippen LogP contribution in [0.15, 0.2) is 78.4 Å². The predicted molar refractivity (Wildman–Crippen MR) is 134 cm³/mol. The molecule has 0 aromatic heterocycles. The molecule has 0 radical (unpaired) electrons. The molecular weight excluding hydrogens is 450 g/mol. The third-order valence-corrected chi connectivity index (χ3v) is 5.85. The smallest absolute Gasteiger partial charge is 0.270 e. The Labute approximate surface area is 202 Å². The van der Waals surface area contributed by atoms with Crippen molar-refractivity contribution < 1.29 is 19.1 Å². The van der Waals surface area contributed by atoms with Crippen LogP contribution in [0.2, 0.25) is 0 Å². The first-order chi connectivity index (χ1) is 16.5. The van der Waals surface area contributed by atoms with Gasteiger partial charge < -0.3 is 14.4 Å². The van der Waals surface area contributed by atoms with Crippen LogP contribution in [0, 0.1) is 0 Å². The summed E-state index contributed by atoms with van der Waals surface area (Å²) in [6, 6.07) is 21.9. The fraction of sp³-hybridized carbons (Fsp3) is 0.115. The van der Waals surface area contributed by atoms with Crippen molar-refractivity contribution in [1.29, 1.82) is 0 Å². The van der Waals surface area contributed by atoms with E-state index in [4.69, 9.17) is 21.7 Å². The van der Waals surface area contributed by atoms with Crippen LogP contribution >= 0.6 is 12.2 Å². The summed E-state index contributed by atoms with van der Waals surface area (Å²) in [5.74, 6) is 1.00. The van der Waals surface area contributed by atoms with Gasteiger partial charge in [0.1, 0.15) is 29.4 Å². The molecule has 1 N–H and O–H groups in total. The number of hydrogen-bond donors (Lipinski definition) is 1. The van der Waals surface area contributed by atoms with E-state index in [1.54, 1.807) is 30.3 Å². The molecule has 1 saturated heterocycles. The summed E-state index contributed by atoms with van der Waals surface area (Å²) in [4.78, 5) is 29.3. The number of thiocarbonyl (C=S) groups is 1. The first-order valence-corrected chi connectivity index (χ1v) is 11.1. The first-order valence-electron chi connectivity index (χ1n) is 10.7. The van der Waals surface area contributed by atoms with Crippen molar-refractivity contribution in [2.45, 2.75) is 0 Å². The number of ether oxygens (including phenoxy) is 2. The Morgan fingerprint density at radius 3 is 2.50 bits per heavy atom. The molecule has 170 valence electrons. The Hall–Kier alpha value is -4.17. The average Bonchev–Trinajstić information content (AvgIpc) is 2.83. The fourth-order valence-electron chi connectivity index (χ4n) is 3.81. The van der Waals surface area contributed by atoms with E-state index in [0.717, 1.165) is 12.2 Å². The van der Waals surface area contributed by atoms with E-state index in [1.807, 2.05) is 55.6 Å². The maximum absolute atomic E-state index is 13.3. The number of hydrogen-bond acceptors (Lipinski definition) is 6. The van der Waals surface area contributed by atoms with Crippen LogP contribution in [0.5, 0.6) is 17.2 Å². The van der Waals surface area contributed by atoms with E-state index >= 15 is 0 Å². The Bertz CT molecular complexity index is 1310. The van der Waals surface area contributed by atoms with Crippen LogP contribution in [0.1, 0.15) is 5.56 Å². The highest BCUT2D eigenvalue weighted by atomic mass is 32.1. The molecule has 2 heterocycles. The van der Waals surface area contributed by atoms with Crippen LogP contribution in [0.4, 0.5) is 11.4 Å². The largest absolute Gasteiger partial charge is 0.490 e. The number of nitrogens with zero attached hydrogens (tertiary/aromatic N) is 2. The number of amides is 2. The molecule has 0 unspecified atom stereocenters. The van der Waals surface area contributed by atoms with Crippen molar-refractivity contribution >= 4 is 46.6 Å². The summed E-state index contributed by atoms with van der Waals surface area (Å²) in [5.41, 5.74) is 2.17. The Morgan fingerprint density at radius 2 is 1.74 bits per heavy atom. The van der Waals surface area contributed by atoms with Gasteiger partial charge >= 0.3 is 0 Å². The standard InChI is InChI=1S/C26H21N3O4S/c1-28-13-14-32-23-16-17(7-12-22(23)28)15-21-24(30)27-26(34)29(25(21)31)18-8-10-20(11-9-18)33-19-5-3-2-4-6-19/h2-12,15-16H,13-14H2,1H3,(H,27,30,34)/b21-15+. The number of fused-ring (bicyclic) bond motifs is 1. The molecule has 2 aliphatic heterocycles. The first kappa shape index (κ1) is 21.7. The molecule has 0 saturated carbocycles. The molecule has 2 amide bonds. The minimum absolute atomic E-state index is 0.0117. The molecule has 7 nitrogen and oxygen atoms in total. The highest BCUT2D eigenvalue weighted by molar-refractivity contribution is 7.80. The summed E-state index contributed by atoms with van der Waals surface area (Å²) in [5, 5.41) is 2.64. The number of carbonyl (C=O) groups excluding carboxylic acids is 2. The lowest BCUT2D eigenvalue weighted by Gasteiger charge is -2.29. The average molecular weight is 472 g/mol. The Morgan fingerprint density at radius 1 is 1.00 bits per heavy atom. The molecule has 8 heteroatoms. The van der Waals surface area contributed by atoms with Gasteiger partial charge in [-0.3, -0.25) is 19.8 Å². The molecule has 3 aromatic rings. The maximum atomic E-state index is 13.3. The van der Waals surface area contributed by atoms with Crippen molar-refractivity contribution in [3.05, 3.63) is 83.9 Å². The summed E-state index contributed by atoms with van der Waals surface area (Å²) in [6.07, 6.45) is 1.55. The van der Waals surface area contributed by atoms with Gasteiger partial charge in [-0.15, -0.1) is 0 Å². The summed E-state index contributed by atoms with van der Waals surface area (Å²) < 4.78 is 11.6. The molecule has 5 rings (SSSR count). The van der Waals surface area contributed by atoms with E-state index < -0.39 is 11.8 Å². The quantitative estimate of drug-likeness (QED) is 0.350. The molecule has 2 aliphatic rings. The number of anilines is 2. The molecule has 0 aliphatic carbocycles. The summed E-state index contributed by atoms with van der Waals surface area (Å²) in [6.45, 7) is 1.38. The second-order valence-corrected chi connectivity index (χ2v) is 8.25. The number of benzene rings is 3. The molecule has 0 spiro atoms. The van der Waals surface area contributed by atoms with Gasteiger partial charge in [-0.1, -0.05) is 24.3 Å². The minimum atomic E-state index is -0.536. The topological polar surface area (TPSA) is 71.1 Å². The van der Waals surface area contributed by atoms with Gasteiger partial charge in [-0.2, -0.15) is 0 Å². The van der Waals surface area contributed by atoms with E-state index in [1.165, 1.54) is 4.90 Å². The fourth-order valence-corrected chi connectivity index (χ4v) is 4.09. The third-order valence-electron chi connectivity index (χ3n) is 5.57. The van der Waals surface area contributed by atoms with Gasteiger partial charge in [-0.25, -0.2) is 0 Å². The summed E-state index contributed by atoms with van der Waals surface area (Å²) in [7, 11) is 1.99. The lowest BCUT2D eigenvalue weighted by atomic mass is 10.1. The number of rotatable bonds is 4. The second-order valence-electron chi connectivity index (χ2n) is 7.86.